The summed E-state index contributed by atoms with van der Waals surface area (Å²) in [5.41, 5.74) is 1.28. The van der Waals surface area contributed by atoms with Crippen molar-refractivity contribution in [2.45, 2.75) is 19.4 Å². The first kappa shape index (κ1) is 17.4. The highest BCUT2D eigenvalue weighted by molar-refractivity contribution is 5.92. The van der Waals surface area contributed by atoms with Crippen molar-refractivity contribution in [3.63, 3.8) is 0 Å². The minimum Gasteiger partial charge on any atom is -0.376 e. The summed E-state index contributed by atoms with van der Waals surface area (Å²) < 4.78 is 7.01. The summed E-state index contributed by atoms with van der Waals surface area (Å²) in [5.74, 6) is 0.361. The molecule has 0 radical (unpaired) electrons. The molecule has 1 amide bonds. The average Bonchev–Trinajstić information content (AvgIpc) is 2.65. The van der Waals surface area contributed by atoms with Crippen LogP contribution in [0.5, 0.6) is 0 Å². The molecule has 0 atom stereocenters. The zero-order valence-corrected chi connectivity index (χ0v) is 14.4. The number of carbonyl (C=O) groups is 1. The Morgan fingerprint density at radius 3 is 2.56 bits per heavy atom. The van der Waals surface area contributed by atoms with E-state index in [9.17, 15) is 9.59 Å². The van der Waals surface area contributed by atoms with E-state index < -0.39 is 0 Å². The van der Waals surface area contributed by atoms with Crippen molar-refractivity contribution in [1.82, 2.24) is 14.7 Å². The Morgan fingerprint density at radius 2 is 1.88 bits per heavy atom. The molecule has 6 heteroatoms. The second kappa shape index (κ2) is 8.07. The fourth-order valence-electron chi connectivity index (χ4n) is 3.00. The molecule has 1 aromatic carbocycles. The molecule has 0 aliphatic carbocycles. The zero-order chi connectivity index (χ0) is 17.6. The van der Waals surface area contributed by atoms with Crippen molar-refractivity contribution < 1.29 is 9.53 Å². The number of aromatic nitrogens is 2. The fourth-order valence-corrected chi connectivity index (χ4v) is 3.00. The van der Waals surface area contributed by atoms with Crippen molar-refractivity contribution in [2.24, 2.45) is 13.0 Å². The van der Waals surface area contributed by atoms with Gasteiger partial charge in [0.2, 0.25) is 0 Å². The summed E-state index contributed by atoms with van der Waals surface area (Å²) in [7, 11) is 1.55. The third-order valence-electron chi connectivity index (χ3n) is 4.55. The predicted octanol–water partition coefficient (Wildman–Crippen LogP) is 1.85. The van der Waals surface area contributed by atoms with Gasteiger partial charge < -0.3 is 9.64 Å². The lowest BCUT2D eigenvalue weighted by Gasteiger charge is -2.31. The summed E-state index contributed by atoms with van der Waals surface area (Å²) in [6.07, 6.45) is 1.85. The van der Waals surface area contributed by atoms with Crippen LogP contribution in [0.4, 0.5) is 0 Å². The fraction of sp³-hybridized carbons (Fsp3) is 0.421. The van der Waals surface area contributed by atoms with E-state index in [0.717, 1.165) is 19.4 Å². The summed E-state index contributed by atoms with van der Waals surface area (Å²) in [6, 6.07) is 13.0. The molecule has 0 unspecified atom stereocenters. The highest BCUT2D eigenvalue weighted by Gasteiger charge is 2.24. The lowest BCUT2D eigenvalue weighted by molar-refractivity contribution is 0.0474. The Balaban J connectivity index is 1.45. The van der Waals surface area contributed by atoms with E-state index in [2.05, 4.69) is 17.2 Å². The molecule has 1 aromatic heterocycles. The lowest BCUT2D eigenvalue weighted by atomic mass is 9.97. The van der Waals surface area contributed by atoms with Crippen molar-refractivity contribution in [3.8, 4) is 0 Å². The van der Waals surface area contributed by atoms with Gasteiger partial charge in [-0.25, -0.2) is 4.68 Å². The largest absolute Gasteiger partial charge is 0.376 e. The summed E-state index contributed by atoms with van der Waals surface area (Å²) in [4.78, 5) is 25.7. The molecule has 132 valence electrons. The molecule has 2 aromatic rings. The number of ether oxygens (including phenoxy) is 1. The van der Waals surface area contributed by atoms with Crippen LogP contribution < -0.4 is 5.56 Å². The van der Waals surface area contributed by atoms with E-state index in [-0.39, 0.29) is 11.5 Å². The van der Waals surface area contributed by atoms with Crippen LogP contribution in [0.3, 0.4) is 0 Å². The topological polar surface area (TPSA) is 64.4 Å². The van der Waals surface area contributed by atoms with E-state index in [1.807, 2.05) is 18.2 Å². The molecule has 2 heterocycles. The first-order valence-corrected chi connectivity index (χ1v) is 8.59. The molecule has 1 fully saturated rings. The van der Waals surface area contributed by atoms with E-state index in [0.29, 0.717) is 31.3 Å². The quantitative estimate of drug-likeness (QED) is 0.832. The minimum absolute atomic E-state index is 0.112. The van der Waals surface area contributed by atoms with Crippen LogP contribution >= 0.6 is 0 Å². The number of amides is 1. The standard InChI is InChI=1S/C19H23N3O3/c1-21-18(23)8-7-17(20-21)19(24)22-11-9-16(10-12-22)14-25-13-15-5-3-2-4-6-15/h2-8,16H,9-14H2,1H3. The highest BCUT2D eigenvalue weighted by Crippen LogP contribution is 2.19. The van der Waals surface area contributed by atoms with Gasteiger partial charge in [-0.2, -0.15) is 5.10 Å². The molecular formula is C19H23N3O3. The molecule has 25 heavy (non-hydrogen) atoms. The smallest absolute Gasteiger partial charge is 0.274 e. The van der Waals surface area contributed by atoms with Crippen molar-refractivity contribution in [2.75, 3.05) is 19.7 Å². The summed E-state index contributed by atoms with van der Waals surface area (Å²) in [5, 5.41) is 4.04. The molecular weight excluding hydrogens is 318 g/mol. The van der Waals surface area contributed by atoms with Gasteiger partial charge in [-0.1, -0.05) is 30.3 Å². The van der Waals surface area contributed by atoms with Crippen LogP contribution in [0, 0.1) is 5.92 Å². The van der Waals surface area contributed by atoms with E-state index in [4.69, 9.17) is 4.74 Å². The molecule has 0 N–H and O–H groups in total. The molecule has 0 spiro atoms. The molecule has 1 aliphatic rings. The van der Waals surface area contributed by atoms with Gasteiger partial charge in [0.25, 0.3) is 11.5 Å². The normalized spacial score (nSPS) is 15.3. The molecule has 0 saturated carbocycles. The van der Waals surface area contributed by atoms with Gasteiger partial charge >= 0.3 is 0 Å². The maximum absolute atomic E-state index is 12.5. The zero-order valence-electron chi connectivity index (χ0n) is 14.4. The lowest BCUT2D eigenvalue weighted by Crippen LogP contribution is -2.40. The second-order valence-corrected chi connectivity index (χ2v) is 6.42. The minimum atomic E-state index is -0.217. The van der Waals surface area contributed by atoms with Crippen molar-refractivity contribution in [3.05, 3.63) is 64.1 Å². The van der Waals surface area contributed by atoms with Gasteiger partial charge in [0, 0.05) is 32.8 Å². The number of hydrogen-bond acceptors (Lipinski definition) is 4. The number of hydrogen-bond donors (Lipinski definition) is 0. The monoisotopic (exact) mass is 341 g/mol. The number of aryl methyl sites for hydroxylation is 1. The maximum atomic E-state index is 12.5. The molecule has 1 aliphatic heterocycles. The third kappa shape index (κ3) is 4.54. The summed E-state index contributed by atoms with van der Waals surface area (Å²) in [6.45, 7) is 2.74. The average molecular weight is 341 g/mol. The van der Waals surface area contributed by atoms with Crippen LogP contribution in [-0.2, 0) is 18.4 Å². The van der Waals surface area contributed by atoms with Gasteiger partial charge in [0.05, 0.1) is 6.61 Å². The van der Waals surface area contributed by atoms with Gasteiger partial charge in [-0.3, -0.25) is 9.59 Å². The third-order valence-corrected chi connectivity index (χ3v) is 4.55. The number of rotatable bonds is 5. The number of piperidine rings is 1. The Bertz CT molecular complexity index is 765. The van der Waals surface area contributed by atoms with Gasteiger partial charge in [-0.15, -0.1) is 0 Å². The number of likely N-dealkylation sites (tertiary alicyclic amines) is 1. The first-order chi connectivity index (χ1) is 12.1. The SMILES string of the molecule is Cn1nc(C(=O)N2CCC(COCc3ccccc3)CC2)ccc1=O. The van der Waals surface area contributed by atoms with Gasteiger partial charge in [0.15, 0.2) is 0 Å². The van der Waals surface area contributed by atoms with Crippen LogP contribution in [0.15, 0.2) is 47.3 Å². The Kier molecular flexibility index (Phi) is 5.60. The molecule has 0 bridgehead atoms. The maximum Gasteiger partial charge on any atom is 0.274 e. The van der Waals surface area contributed by atoms with Crippen LogP contribution in [0.1, 0.15) is 28.9 Å². The molecule has 3 rings (SSSR count). The van der Waals surface area contributed by atoms with E-state index >= 15 is 0 Å². The van der Waals surface area contributed by atoms with Crippen molar-refractivity contribution in [1.29, 1.82) is 0 Å². The van der Waals surface area contributed by atoms with Crippen LogP contribution in [-0.4, -0.2) is 40.3 Å². The predicted molar refractivity (Wildman–Crippen MR) is 94.2 cm³/mol. The van der Waals surface area contributed by atoms with E-state index in [1.54, 1.807) is 11.9 Å². The van der Waals surface area contributed by atoms with Gasteiger partial charge in [0.1, 0.15) is 5.69 Å². The van der Waals surface area contributed by atoms with E-state index in [1.165, 1.54) is 22.4 Å². The second-order valence-electron chi connectivity index (χ2n) is 6.42. The number of benzene rings is 1. The molecule has 1 saturated heterocycles. The van der Waals surface area contributed by atoms with Gasteiger partial charge in [-0.05, 0) is 30.4 Å². The molecule has 6 nitrogen and oxygen atoms in total. The number of nitrogens with zero attached hydrogens (tertiary/aromatic N) is 3. The summed E-state index contributed by atoms with van der Waals surface area (Å²) >= 11 is 0. The highest BCUT2D eigenvalue weighted by atomic mass is 16.5. The Morgan fingerprint density at radius 1 is 1.16 bits per heavy atom. The first-order valence-electron chi connectivity index (χ1n) is 8.59. The van der Waals surface area contributed by atoms with Crippen LogP contribution in [0.25, 0.3) is 0 Å². The Labute approximate surface area is 147 Å². The van der Waals surface area contributed by atoms with Crippen molar-refractivity contribution >= 4 is 5.91 Å². The number of carbonyl (C=O) groups excluding carboxylic acids is 1. The Hall–Kier alpha value is -2.47. The van der Waals surface area contributed by atoms with Crippen LogP contribution in [0.2, 0.25) is 0 Å².